The van der Waals surface area contributed by atoms with Gasteiger partial charge < -0.3 is 15.5 Å². The number of anilines is 1. The predicted octanol–water partition coefficient (Wildman–Crippen LogP) is 2.15. The molecule has 0 unspecified atom stereocenters. The first-order valence-corrected chi connectivity index (χ1v) is 6.62. The van der Waals surface area contributed by atoms with E-state index in [1.165, 1.54) is 25.9 Å². The van der Waals surface area contributed by atoms with Crippen LogP contribution in [0.15, 0.2) is 30.3 Å². The van der Waals surface area contributed by atoms with Crippen LogP contribution in [0.1, 0.15) is 12.8 Å². The summed E-state index contributed by atoms with van der Waals surface area (Å²) in [4.78, 5) is 14.0. The Morgan fingerprint density at radius 1 is 1.10 bits per heavy atom. The van der Waals surface area contributed by atoms with Crippen molar-refractivity contribution >= 4 is 36.4 Å². The summed E-state index contributed by atoms with van der Waals surface area (Å²) in [6.45, 7) is 4.41. The van der Waals surface area contributed by atoms with Crippen LogP contribution in [-0.4, -0.2) is 43.5 Å². The molecule has 1 amide bonds. The third-order valence-electron chi connectivity index (χ3n) is 3.18. The van der Waals surface area contributed by atoms with Gasteiger partial charge in [-0.1, -0.05) is 18.2 Å². The van der Waals surface area contributed by atoms with Crippen LogP contribution >= 0.6 is 24.8 Å². The zero-order chi connectivity index (χ0) is 12.6. The van der Waals surface area contributed by atoms with E-state index in [-0.39, 0.29) is 30.7 Å². The summed E-state index contributed by atoms with van der Waals surface area (Å²) in [5, 5.41) is 6.03. The number of rotatable bonds is 6. The van der Waals surface area contributed by atoms with E-state index in [9.17, 15) is 4.79 Å². The largest absolute Gasteiger partial charge is 0.376 e. The first-order valence-electron chi connectivity index (χ1n) is 6.62. The number of carbonyl (C=O) groups excluding carboxylic acids is 1. The van der Waals surface area contributed by atoms with Gasteiger partial charge in [-0.25, -0.2) is 0 Å². The highest BCUT2D eigenvalue weighted by Crippen LogP contribution is 2.05. The molecule has 2 N–H and O–H groups in total. The van der Waals surface area contributed by atoms with Gasteiger partial charge in [0.05, 0.1) is 6.54 Å². The van der Waals surface area contributed by atoms with E-state index in [1.54, 1.807) is 0 Å². The van der Waals surface area contributed by atoms with Crippen molar-refractivity contribution in [2.75, 3.05) is 38.0 Å². The van der Waals surface area contributed by atoms with Crippen LogP contribution in [0.5, 0.6) is 0 Å². The fourth-order valence-electron chi connectivity index (χ4n) is 2.16. The molecule has 114 valence electrons. The molecule has 0 radical (unpaired) electrons. The molecule has 0 bridgehead atoms. The Morgan fingerprint density at radius 2 is 1.75 bits per heavy atom. The van der Waals surface area contributed by atoms with Crippen LogP contribution in [0, 0.1) is 0 Å². The highest BCUT2D eigenvalue weighted by Gasteiger charge is 2.10. The van der Waals surface area contributed by atoms with Crippen molar-refractivity contribution in [3.8, 4) is 0 Å². The second-order valence-corrected chi connectivity index (χ2v) is 4.62. The number of carbonyl (C=O) groups is 1. The normalized spacial score (nSPS) is 14.0. The van der Waals surface area contributed by atoms with Gasteiger partial charge in [-0.15, -0.1) is 24.8 Å². The number of likely N-dealkylation sites (tertiary alicyclic amines) is 1. The first kappa shape index (κ1) is 19.0. The molecular formula is C14H23Cl2N3O. The molecule has 1 aliphatic rings. The SMILES string of the molecule is Cl.Cl.O=C(CNc1ccccc1)NCCN1CCCC1. The fourth-order valence-corrected chi connectivity index (χ4v) is 2.16. The van der Waals surface area contributed by atoms with E-state index in [0.29, 0.717) is 6.54 Å². The predicted molar refractivity (Wildman–Crippen MR) is 88.1 cm³/mol. The molecule has 1 fully saturated rings. The van der Waals surface area contributed by atoms with E-state index < -0.39 is 0 Å². The molecule has 0 spiro atoms. The first-order chi connectivity index (χ1) is 8.84. The number of nitrogens with zero attached hydrogens (tertiary/aromatic N) is 1. The highest BCUT2D eigenvalue weighted by atomic mass is 35.5. The maximum absolute atomic E-state index is 11.6. The number of benzene rings is 1. The number of hydrogen-bond donors (Lipinski definition) is 2. The summed E-state index contributed by atoms with van der Waals surface area (Å²) in [6.07, 6.45) is 2.59. The summed E-state index contributed by atoms with van der Waals surface area (Å²) >= 11 is 0. The molecule has 4 nitrogen and oxygen atoms in total. The maximum atomic E-state index is 11.6. The van der Waals surface area contributed by atoms with E-state index in [0.717, 1.165) is 18.8 Å². The van der Waals surface area contributed by atoms with Crippen molar-refractivity contribution in [3.63, 3.8) is 0 Å². The number of halogens is 2. The van der Waals surface area contributed by atoms with Crippen LogP contribution < -0.4 is 10.6 Å². The third-order valence-corrected chi connectivity index (χ3v) is 3.18. The van der Waals surface area contributed by atoms with Gasteiger partial charge in [0.15, 0.2) is 0 Å². The number of hydrogen-bond acceptors (Lipinski definition) is 3. The molecule has 20 heavy (non-hydrogen) atoms. The molecule has 1 saturated heterocycles. The summed E-state index contributed by atoms with van der Waals surface area (Å²) in [5.41, 5.74) is 0.979. The summed E-state index contributed by atoms with van der Waals surface area (Å²) < 4.78 is 0. The second-order valence-electron chi connectivity index (χ2n) is 4.62. The zero-order valence-corrected chi connectivity index (χ0v) is 13.1. The van der Waals surface area contributed by atoms with Crippen molar-refractivity contribution in [1.82, 2.24) is 10.2 Å². The van der Waals surface area contributed by atoms with Crippen molar-refractivity contribution in [2.24, 2.45) is 0 Å². The Morgan fingerprint density at radius 3 is 2.40 bits per heavy atom. The van der Waals surface area contributed by atoms with E-state index in [2.05, 4.69) is 15.5 Å². The van der Waals surface area contributed by atoms with Crippen molar-refractivity contribution < 1.29 is 4.79 Å². The Balaban J connectivity index is 0.00000180. The molecule has 0 aromatic heterocycles. The monoisotopic (exact) mass is 319 g/mol. The van der Waals surface area contributed by atoms with Gasteiger partial charge in [-0.05, 0) is 38.1 Å². The third kappa shape index (κ3) is 6.98. The quantitative estimate of drug-likeness (QED) is 0.844. The lowest BCUT2D eigenvalue weighted by atomic mass is 10.3. The van der Waals surface area contributed by atoms with E-state index >= 15 is 0 Å². The number of amides is 1. The van der Waals surface area contributed by atoms with Gasteiger partial charge in [-0.3, -0.25) is 4.79 Å². The van der Waals surface area contributed by atoms with Gasteiger partial charge in [0.1, 0.15) is 0 Å². The number of para-hydroxylation sites is 1. The summed E-state index contributed by atoms with van der Waals surface area (Å²) in [6, 6.07) is 9.78. The van der Waals surface area contributed by atoms with Crippen LogP contribution in [0.2, 0.25) is 0 Å². The van der Waals surface area contributed by atoms with Gasteiger partial charge in [-0.2, -0.15) is 0 Å². The molecule has 0 aliphatic carbocycles. The molecule has 1 aliphatic heterocycles. The second kappa shape index (κ2) is 10.8. The van der Waals surface area contributed by atoms with Crippen molar-refractivity contribution in [1.29, 1.82) is 0 Å². The smallest absolute Gasteiger partial charge is 0.239 e. The topological polar surface area (TPSA) is 44.4 Å². The van der Waals surface area contributed by atoms with Crippen LogP contribution in [0.3, 0.4) is 0 Å². The minimum atomic E-state index is 0. The van der Waals surface area contributed by atoms with E-state index in [4.69, 9.17) is 0 Å². The molecular weight excluding hydrogens is 297 g/mol. The standard InChI is InChI=1S/C14H21N3O.2ClH/c18-14(12-16-13-6-2-1-3-7-13)15-8-11-17-9-4-5-10-17;;/h1-3,6-7,16H,4-5,8-12H2,(H,15,18);2*1H. The Hall–Kier alpha value is -0.970. The summed E-state index contributed by atoms with van der Waals surface area (Å²) in [7, 11) is 0. The van der Waals surface area contributed by atoms with Crippen LogP contribution in [-0.2, 0) is 4.79 Å². The van der Waals surface area contributed by atoms with E-state index in [1.807, 2.05) is 30.3 Å². The number of nitrogens with one attached hydrogen (secondary N) is 2. The molecule has 1 aromatic rings. The average molecular weight is 320 g/mol. The average Bonchev–Trinajstić information content (AvgIpc) is 2.91. The van der Waals surface area contributed by atoms with Crippen LogP contribution in [0.25, 0.3) is 0 Å². The minimum absolute atomic E-state index is 0. The van der Waals surface area contributed by atoms with Crippen molar-refractivity contribution in [3.05, 3.63) is 30.3 Å². The lowest BCUT2D eigenvalue weighted by Gasteiger charge is -2.14. The van der Waals surface area contributed by atoms with Gasteiger partial charge in [0, 0.05) is 18.8 Å². The molecule has 1 heterocycles. The fraction of sp³-hybridized carbons (Fsp3) is 0.500. The Labute approximate surface area is 133 Å². The molecule has 0 atom stereocenters. The Kier molecular flexibility index (Phi) is 10.3. The zero-order valence-electron chi connectivity index (χ0n) is 11.5. The van der Waals surface area contributed by atoms with Crippen LogP contribution in [0.4, 0.5) is 5.69 Å². The van der Waals surface area contributed by atoms with Crippen molar-refractivity contribution in [2.45, 2.75) is 12.8 Å². The van der Waals surface area contributed by atoms with Gasteiger partial charge >= 0.3 is 0 Å². The molecule has 0 saturated carbocycles. The van der Waals surface area contributed by atoms with Gasteiger partial charge in [0.2, 0.25) is 5.91 Å². The maximum Gasteiger partial charge on any atom is 0.239 e. The minimum Gasteiger partial charge on any atom is -0.376 e. The summed E-state index contributed by atoms with van der Waals surface area (Å²) in [5.74, 6) is 0.0537. The Bertz CT molecular complexity index is 370. The lowest BCUT2D eigenvalue weighted by Crippen LogP contribution is -2.36. The molecule has 1 aromatic carbocycles. The molecule has 6 heteroatoms. The molecule has 2 rings (SSSR count). The highest BCUT2D eigenvalue weighted by molar-refractivity contribution is 5.85. The lowest BCUT2D eigenvalue weighted by molar-refractivity contribution is -0.119. The van der Waals surface area contributed by atoms with Gasteiger partial charge in [0.25, 0.3) is 0 Å².